The standard InChI is InChI=1S/C25H29N5O3/c31-19(12-18-4-5-22-20(13-18)26-17-33-22)15-30-24(32)21(28-9-1-2-10-28)14-23(27-30)29-11-8-25(16-29)6-3-7-25/h4-5,13-14,17H,1-3,6-12,15-16H2. The summed E-state index contributed by atoms with van der Waals surface area (Å²) in [6.07, 6.45) is 8.89. The van der Waals surface area contributed by atoms with Crippen molar-refractivity contribution in [3.05, 3.63) is 46.6 Å². The summed E-state index contributed by atoms with van der Waals surface area (Å²) in [7, 11) is 0. The van der Waals surface area contributed by atoms with Crippen molar-refractivity contribution >= 4 is 28.4 Å². The van der Waals surface area contributed by atoms with Crippen molar-refractivity contribution in [1.82, 2.24) is 14.8 Å². The molecule has 2 aliphatic heterocycles. The van der Waals surface area contributed by atoms with E-state index < -0.39 is 0 Å². The minimum Gasteiger partial charge on any atom is -0.443 e. The normalized spacial score (nSPS) is 19.5. The van der Waals surface area contributed by atoms with Crippen LogP contribution in [0.2, 0.25) is 0 Å². The largest absolute Gasteiger partial charge is 0.443 e. The topological polar surface area (TPSA) is 84.5 Å². The van der Waals surface area contributed by atoms with E-state index in [-0.39, 0.29) is 24.3 Å². The number of nitrogens with zero attached hydrogens (tertiary/aromatic N) is 5. The maximum absolute atomic E-state index is 13.3. The quantitative estimate of drug-likeness (QED) is 0.574. The van der Waals surface area contributed by atoms with Gasteiger partial charge in [0.05, 0.1) is 0 Å². The van der Waals surface area contributed by atoms with Crippen LogP contribution in [-0.2, 0) is 17.8 Å². The fraction of sp³-hybridized carbons (Fsp3) is 0.520. The lowest BCUT2D eigenvalue weighted by molar-refractivity contribution is -0.119. The summed E-state index contributed by atoms with van der Waals surface area (Å²) in [5.74, 6) is 0.783. The molecule has 1 aliphatic carbocycles. The molecule has 0 bridgehead atoms. The van der Waals surface area contributed by atoms with Gasteiger partial charge in [0.15, 0.2) is 23.6 Å². The number of hydrogen-bond donors (Lipinski definition) is 0. The van der Waals surface area contributed by atoms with Crippen molar-refractivity contribution in [2.45, 2.75) is 51.5 Å². The first-order chi connectivity index (χ1) is 16.1. The molecule has 6 rings (SSSR count). The van der Waals surface area contributed by atoms with E-state index in [1.165, 1.54) is 36.8 Å². The monoisotopic (exact) mass is 447 g/mol. The maximum atomic E-state index is 13.3. The molecule has 172 valence electrons. The third-order valence-corrected chi connectivity index (χ3v) is 7.69. The Kier molecular flexibility index (Phi) is 4.96. The van der Waals surface area contributed by atoms with Gasteiger partial charge in [-0.15, -0.1) is 0 Å². The number of carbonyl (C=O) groups is 1. The molecule has 3 fully saturated rings. The number of carbonyl (C=O) groups excluding carboxylic acids is 1. The predicted octanol–water partition coefficient (Wildman–Crippen LogP) is 3.18. The fourth-order valence-electron chi connectivity index (χ4n) is 5.64. The number of fused-ring (bicyclic) bond motifs is 1. The smallest absolute Gasteiger partial charge is 0.290 e. The molecule has 2 saturated heterocycles. The van der Waals surface area contributed by atoms with Gasteiger partial charge in [0.25, 0.3) is 5.56 Å². The summed E-state index contributed by atoms with van der Waals surface area (Å²) in [6.45, 7) is 3.71. The van der Waals surface area contributed by atoms with Crippen molar-refractivity contribution in [1.29, 1.82) is 0 Å². The van der Waals surface area contributed by atoms with Crippen LogP contribution in [0.4, 0.5) is 11.5 Å². The molecule has 1 spiro atoms. The summed E-state index contributed by atoms with van der Waals surface area (Å²) < 4.78 is 6.67. The highest BCUT2D eigenvalue weighted by molar-refractivity contribution is 5.82. The average Bonchev–Trinajstić information content (AvgIpc) is 3.54. The van der Waals surface area contributed by atoms with Crippen LogP contribution in [0.5, 0.6) is 0 Å². The fourth-order valence-corrected chi connectivity index (χ4v) is 5.64. The second kappa shape index (κ2) is 8.01. The molecule has 8 nitrogen and oxygen atoms in total. The molecular formula is C25H29N5O3. The van der Waals surface area contributed by atoms with Crippen LogP contribution < -0.4 is 15.4 Å². The second-order valence-electron chi connectivity index (χ2n) is 9.94. The van der Waals surface area contributed by atoms with Gasteiger partial charge < -0.3 is 14.2 Å². The Morgan fingerprint density at radius 1 is 1.03 bits per heavy atom. The van der Waals surface area contributed by atoms with Gasteiger partial charge in [-0.1, -0.05) is 12.5 Å². The van der Waals surface area contributed by atoms with E-state index in [0.29, 0.717) is 16.7 Å². The summed E-state index contributed by atoms with van der Waals surface area (Å²) in [5.41, 5.74) is 3.24. The highest BCUT2D eigenvalue weighted by Crippen LogP contribution is 2.48. The van der Waals surface area contributed by atoms with Gasteiger partial charge in [-0.25, -0.2) is 9.67 Å². The van der Waals surface area contributed by atoms with Gasteiger partial charge in [-0.2, -0.15) is 5.10 Å². The summed E-state index contributed by atoms with van der Waals surface area (Å²) in [4.78, 5) is 34.9. The van der Waals surface area contributed by atoms with E-state index in [9.17, 15) is 9.59 Å². The molecule has 1 aromatic carbocycles. The van der Waals surface area contributed by atoms with E-state index in [1.54, 1.807) is 0 Å². The van der Waals surface area contributed by atoms with Crippen molar-refractivity contribution < 1.29 is 9.21 Å². The molecule has 0 amide bonds. The molecule has 0 N–H and O–H groups in total. The summed E-state index contributed by atoms with van der Waals surface area (Å²) in [6, 6.07) is 7.52. The van der Waals surface area contributed by atoms with Gasteiger partial charge in [-0.3, -0.25) is 9.59 Å². The molecule has 3 aromatic rings. The minimum atomic E-state index is -0.168. The molecule has 2 aromatic heterocycles. The molecule has 3 aliphatic rings. The zero-order chi connectivity index (χ0) is 22.4. The Labute approximate surface area is 192 Å². The molecule has 0 radical (unpaired) electrons. The van der Waals surface area contributed by atoms with Crippen LogP contribution in [0.25, 0.3) is 11.1 Å². The van der Waals surface area contributed by atoms with E-state index >= 15 is 0 Å². The van der Waals surface area contributed by atoms with Gasteiger partial charge in [0.1, 0.15) is 17.7 Å². The number of benzene rings is 1. The molecule has 0 unspecified atom stereocenters. The average molecular weight is 448 g/mol. The van der Waals surface area contributed by atoms with Gasteiger partial charge in [0.2, 0.25) is 0 Å². The van der Waals surface area contributed by atoms with E-state index in [1.807, 2.05) is 24.3 Å². The number of anilines is 2. The van der Waals surface area contributed by atoms with Crippen molar-refractivity contribution in [2.24, 2.45) is 5.41 Å². The Bertz CT molecular complexity index is 1250. The lowest BCUT2D eigenvalue weighted by Crippen LogP contribution is -2.37. The number of ketones is 1. The summed E-state index contributed by atoms with van der Waals surface area (Å²) in [5, 5.41) is 4.69. The van der Waals surface area contributed by atoms with Crippen molar-refractivity contribution in [3.63, 3.8) is 0 Å². The Morgan fingerprint density at radius 2 is 1.88 bits per heavy atom. The molecule has 0 atom stereocenters. The van der Waals surface area contributed by atoms with E-state index in [2.05, 4.69) is 19.9 Å². The van der Waals surface area contributed by atoms with Crippen LogP contribution in [0, 0.1) is 5.41 Å². The van der Waals surface area contributed by atoms with Crippen LogP contribution in [0.3, 0.4) is 0 Å². The lowest BCUT2D eigenvalue weighted by Gasteiger charge is -2.38. The molecular weight excluding hydrogens is 418 g/mol. The number of Topliss-reactive ketones (excluding diaryl/α,β-unsaturated/α-hetero) is 1. The summed E-state index contributed by atoms with van der Waals surface area (Å²) >= 11 is 0. The van der Waals surface area contributed by atoms with Gasteiger partial charge in [-0.05, 0) is 55.2 Å². The minimum absolute atomic E-state index is 0.0245. The number of aromatic nitrogens is 3. The number of rotatable bonds is 6. The zero-order valence-electron chi connectivity index (χ0n) is 18.8. The Hall–Kier alpha value is -3.16. The first-order valence-corrected chi connectivity index (χ1v) is 12.0. The van der Waals surface area contributed by atoms with Crippen LogP contribution in [0.1, 0.15) is 44.1 Å². The molecule has 8 heteroatoms. The van der Waals surface area contributed by atoms with Crippen LogP contribution in [0.15, 0.2) is 39.9 Å². The number of oxazole rings is 1. The highest BCUT2D eigenvalue weighted by atomic mass is 16.3. The number of hydrogen-bond acceptors (Lipinski definition) is 7. The van der Waals surface area contributed by atoms with Crippen LogP contribution in [-0.4, -0.2) is 46.7 Å². The van der Waals surface area contributed by atoms with E-state index in [0.717, 1.165) is 55.9 Å². The first kappa shape index (κ1) is 20.4. The van der Waals surface area contributed by atoms with Crippen LogP contribution >= 0.6 is 0 Å². The maximum Gasteiger partial charge on any atom is 0.290 e. The van der Waals surface area contributed by atoms with Crippen molar-refractivity contribution in [2.75, 3.05) is 36.0 Å². The molecule has 4 heterocycles. The lowest BCUT2D eigenvalue weighted by atomic mass is 9.68. The van der Waals surface area contributed by atoms with Gasteiger partial charge >= 0.3 is 0 Å². The highest BCUT2D eigenvalue weighted by Gasteiger charge is 2.43. The molecule has 33 heavy (non-hydrogen) atoms. The van der Waals surface area contributed by atoms with Gasteiger partial charge in [0, 0.05) is 38.7 Å². The Balaban J connectivity index is 1.27. The third-order valence-electron chi connectivity index (χ3n) is 7.69. The molecule has 1 saturated carbocycles. The predicted molar refractivity (Wildman–Crippen MR) is 126 cm³/mol. The zero-order valence-corrected chi connectivity index (χ0v) is 18.8. The van der Waals surface area contributed by atoms with Crippen molar-refractivity contribution in [3.8, 4) is 0 Å². The third kappa shape index (κ3) is 3.81. The SMILES string of the molecule is O=C(Cc1ccc2ocnc2c1)Cn1nc(N2CCC3(CCC3)C2)cc(N2CCCC2)c1=O. The second-order valence-corrected chi connectivity index (χ2v) is 9.94. The Morgan fingerprint density at radius 3 is 2.64 bits per heavy atom. The van der Waals surface area contributed by atoms with E-state index in [4.69, 9.17) is 4.42 Å². The first-order valence-electron chi connectivity index (χ1n) is 12.0.